The number of hydrogen-bond donors (Lipinski definition) is 1. The van der Waals surface area contributed by atoms with Crippen molar-refractivity contribution in [2.75, 3.05) is 52.4 Å². The molecule has 0 radical (unpaired) electrons. The van der Waals surface area contributed by atoms with Crippen LogP contribution in [0, 0.1) is 0 Å². The Balaban J connectivity index is 3.79. The van der Waals surface area contributed by atoms with E-state index >= 15 is 0 Å². The lowest BCUT2D eigenvalue weighted by atomic mass is 10.1. The SMILES string of the molecule is CCCCCCCCN(CCCCCCCC)OC(=O)CCCCCNCCCCCCCCCC(=O)OCCN(CCCCCC)CCCCCC. The van der Waals surface area contributed by atoms with E-state index in [1.807, 2.05) is 5.06 Å². The Morgan fingerprint density at radius 3 is 1.25 bits per heavy atom. The zero-order valence-corrected chi connectivity index (χ0v) is 36.3. The van der Waals surface area contributed by atoms with Crippen LogP contribution in [-0.4, -0.2) is 74.3 Å². The molecule has 0 aliphatic carbocycles. The van der Waals surface area contributed by atoms with Crippen molar-refractivity contribution in [3.63, 3.8) is 0 Å². The quantitative estimate of drug-likeness (QED) is 0.0377. The summed E-state index contributed by atoms with van der Waals surface area (Å²) in [6.07, 6.45) is 37.9. The molecule has 0 aromatic heterocycles. The zero-order valence-electron chi connectivity index (χ0n) is 36.3. The summed E-state index contributed by atoms with van der Waals surface area (Å²) >= 11 is 0. The molecular formula is C46H93N3O4. The molecular weight excluding hydrogens is 659 g/mol. The molecule has 0 bridgehead atoms. The van der Waals surface area contributed by atoms with Gasteiger partial charge >= 0.3 is 11.9 Å². The number of ether oxygens (including phenoxy) is 1. The van der Waals surface area contributed by atoms with Gasteiger partial charge in [-0.1, -0.05) is 169 Å². The minimum absolute atomic E-state index is 0.0165. The van der Waals surface area contributed by atoms with Gasteiger partial charge in [-0.25, -0.2) is 0 Å². The Labute approximate surface area is 331 Å². The maximum Gasteiger partial charge on any atom is 0.325 e. The molecule has 0 fully saturated rings. The van der Waals surface area contributed by atoms with Crippen LogP contribution in [0.25, 0.3) is 0 Å². The summed E-state index contributed by atoms with van der Waals surface area (Å²) in [5, 5.41) is 5.56. The molecule has 0 aliphatic rings. The molecule has 0 saturated heterocycles. The molecule has 0 aliphatic heterocycles. The molecule has 7 heteroatoms. The number of carbonyl (C=O) groups is 2. The molecule has 0 atom stereocenters. The number of nitrogens with one attached hydrogen (secondary N) is 1. The summed E-state index contributed by atoms with van der Waals surface area (Å²) in [6.45, 7) is 16.6. The van der Waals surface area contributed by atoms with E-state index in [2.05, 4.69) is 37.9 Å². The van der Waals surface area contributed by atoms with Gasteiger partial charge in [0, 0.05) is 32.5 Å². The topological polar surface area (TPSA) is 71.1 Å². The van der Waals surface area contributed by atoms with Crippen molar-refractivity contribution in [2.24, 2.45) is 0 Å². The van der Waals surface area contributed by atoms with E-state index in [0.717, 1.165) is 90.8 Å². The number of hydrogen-bond acceptors (Lipinski definition) is 7. The zero-order chi connectivity index (χ0) is 38.7. The van der Waals surface area contributed by atoms with E-state index in [-0.39, 0.29) is 11.9 Å². The highest BCUT2D eigenvalue weighted by Crippen LogP contribution is 2.12. The van der Waals surface area contributed by atoms with Crippen molar-refractivity contribution >= 4 is 11.9 Å². The molecule has 53 heavy (non-hydrogen) atoms. The molecule has 316 valence electrons. The van der Waals surface area contributed by atoms with Gasteiger partial charge in [0.15, 0.2) is 0 Å². The van der Waals surface area contributed by atoms with Crippen molar-refractivity contribution in [2.45, 2.75) is 233 Å². The maximum atomic E-state index is 12.6. The molecule has 0 heterocycles. The fraction of sp³-hybridized carbons (Fsp3) is 0.957. The molecule has 0 amide bonds. The van der Waals surface area contributed by atoms with E-state index in [9.17, 15) is 9.59 Å². The monoisotopic (exact) mass is 752 g/mol. The Morgan fingerprint density at radius 1 is 0.396 bits per heavy atom. The van der Waals surface area contributed by atoms with Crippen molar-refractivity contribution in [3.05, 3.63) is 0 Å². The predicted octanol–water partition coefficient (Wildman–Crippen LogP) is 12.7. The third-order valence-corrected chi connectivity index (χ3v) is 10.5. The van der Waals surface area contributed by atoms with Crippen molar-refractivity contribution in [3.8, 4) is 0 Å². The fourth-order valence-corrected chi connectivity index (χ4v) is 6.97. The second-order valence-corrected chi connectivity index (χ2v) is 15.9. The van der Waals surface area contributed by atoms with Gasteiger partial charge in [-0.2, -0.15) is 0 Å². The number of nitrogens with zero attached hydrogens (tertiary/aromatic N) is 2. The normalized spacial score (nSPS) is 11.6. The van der Waals surface area contributed by atoms with Crippen LogP contribution in [-0.2, 0) is 19.2 Å². The minimum atomic E-state index is -0.0477. The predicted molar refractivity (Wildman–Crippen MR) is 228 cm³/mol. The lowest BCUT2D eigenvalue weighted by Crippen LogP contribution is -2.30. The smallest absolute Gasteiger partial charge is 0.325 e. The molecule has 0 unspecified atom stereocenters. The summed E-state index contributed by atoms with van der Waals surface area (Å²) < 4.78 is 5.60. The molecule has 0 saturated carbocycles. The molecule has 1 N–H and O–H groups in total. The minimum Gasteiger partial charge on any atom is -0.464 e. The van der Waals surface area contributed by atoms with Crippen LogP contribution in [0.1, 0.15) is 233 Å². The van der Waals surface area contributed by atoms with Crippen molar-refractivity contribution < 1.29 is 19.2 Å². The first-order chi connectivity index (χ1) is 26.1. The van der Waals surface area contributed by atoms with Gasteiger partial charge in [-0.3, -0.25) is 14.5 Å². The van der Waals surface area contributed by atoms with Crippen LogP contribution >= 0.6 is 0 Å². The maximum absolute atomic E-state index is 12.6. The third kappa shape index (κ3) is 40.3. The Morgan fingerprint density at radius 2 is 0.755 bits per heavy atom. The van der Waals surface area contributed by atoms with Gasteiger partial charge in [0.1, 0.15) is 6.61 Å². The van der Waals surface area contributed by atoms with Crippen LogP contribution < -0.4 is 5.32 Å². The van der Waals surface area contributed by atoms with Crippen molar-refractivity contribution in [1.29, 1.82) is 0 Å². The fourth-order valence-electron chi connectivity index (χ4n) is 6.97. The van der Waals surface area contributed by atoms with Crippen LogP contribution in [0.3, 0.4) is 0 Å². The molecule has 0 rings (SSSR count). The summed E-state index contributed by atoms with van der Waals surface area (Å²) in [7, 11) is 0. The van der Waals surface area contributed by atoms with Crippen LogP contribution in [0.15, 0.2) is 0 Å². The van der Waals surface area contributed by atoms with Gasteiger partial charge in [-0.15, -0.1) is 5.06 Å². The molecule has 0 aromatic carbocycles. The Kier molecular flexibility index (Phi) is 42.6. The molecule has 7 nitrogen and oxygen atoms in total. The first-order valence-electron chi connectivity index (χ1n) is 23.6. The van der Waals surface area contributed by atoms with Gasteiger partial charge in [0.25, 0.3) is 0 Å². The molecule has 0 aromatic rings. The van der Waals surface area contributed by atoms with E-state index < -0.39 is 0 Å². The highest BCUT2D eigenvalue weighted by molar-refractivity contribution is 5.69. The second kappa shape index (κ2) is 43.5. The average molecular weight is 752 g/mol. The van der Waals surface area contributed by atoms with Crippen LogP contribution in [0.5, 0.6) is 0 Å². The third-order valence-electron chi connectivity index (χ3n) is 10.5. The first kappa shape index (κ1) is 51.8. The Bertz CT molecular complexity index is 724. The van der Waals surface area contributed by atoms with Gasteiger partial charge < -0.3 is 14.9 Å². The highest BCUT2D eigenvalue weighted by atomic mass is 16.7. The standard InChI is InChI=1S/C46H93N3O4/c1-5-9-13-17-24-33-41-49(42-34-25-18-14-10-6-2)53-46(51)36-28-26-30-38-47-37-29-23-21-19-20-22-27-35-45(50)52-44-43-48(39-31-15-11-7-3)40-32-16-12-8-4/h47H,5-44H2,1-4H3. The Hall–Kier alpha value is -1.18. The van der Waals surface area contributed by atoms with Crippen LogP contribution in [0.4, 0.5) is 0 Å². The number of esters is 1. The number of unbranched alkanes of at least 4 members (excludes halogenated alkanes) is 24. The summed E-state index contributed by atoms with van der Waals surface area (Å²) in [5.74, 6) is -0.0642. The van der Waals surface area contributed by atoms with Gasteiger partial charge in [-0.05, 0) is 77.5 Å². The van der Waals surface area contributed by atoms with Crippen LogP contribution in [0.2, 0.25) is 0 Å². The largest absolute Gasteiger partial charge is 0.464 e. The molecule has 0 spiro atoms. The summed E-state index contributed by atoms with van der Waals surface area (Å²) in [6, 6.07) is 0. The van der Waals surface area contributed by atoms with Crippen molar-refractivity contribution in [1.82, 2.24) is 15.3 Å². The van der Waals surface area contributed by atoms with Gasteiger partial charge in [0.05, 0.1) is 0 Å². The number of hydroxylamine groups is 2. The number of carbonyl (C=O) groups excluding carboxylic acids is 2. The summed E-state index contributed by atoms with van der Waals surface area (Å²) in [4.78, 5) is 33.2. The average Bonchev–Trinajstić information content (AvgIpc) is 3.15. The first-order valence-corrected chi connectivity index (χ1v) is 23.6. The van der Waals surface area contributed by atoms with E-state index in [1.54, 1.807) is 0 Å². The van der Waals surface area contributed by atoms with Gasteiger partial charge in [0.2, 0.25) is 0 Å². The van der Waals surface area contributed by atoms with E-state index in [0.29, 0.717) is 19.4 Å². The number of rotatable bonds is 44. The second-order valence-electron chi connectivity index (χ2n) is 15.9. The summed E-state index contributed by atoms with van der Waals surface area (Å²) in [5.41, 5.74) is 0. The van der Waals surface area contributed by atoms with E-state index in [1.165, 1.54) is 148 Å². The lowest BCUT2D eigenvalue weighted by Gasteiger charge is -2.22. The highest BCUT2D eigenvalue weighted by Gasteiger charge is 2.12. The van der Waals surface area contributed by atoms with E-state index in [4.69, 9.17) is 9.57 Å². The lowest BCUT2D eigenvalue weighted by molar-refractivity contribution is -0.191.